The van der Waals surface area contributed by atoms with Gasteiger partial charge in [-0.15, -0.1) is 0 Å². The molecule has 0 unspecified atom stereocenters. The molecule has 0 saturated carbocycles. The third kappa shape index (κ3) is 3.34. The second-order valence-corrected chi connectivity index (χ2v) is 1.48. The van der Waals surface area contributed by atoms with Crippen LogP contribution in [0, 0.1) is 0 Å². The predicted molar refractivity (Wildman–Crippen MR) is 12.1 cm³/mol. The first-order valence-electron chi connectivity index (χ1n) is 0.575. The van der Waals surface area contributed by atoms with Gasteiger partial charge in [-0.1, -0.05) is 0 Å². The van der Waals surface area contributed by atoms with Gasteiger partial charge in [-0.3, -0.25) is 0 Å². The SMILES string of the molecule is [AlH3].[O]1[O][Zr]1. The van der Waals surface area contributed by atoms with E-state index in [1.165, 1.54) is 0 Å². The van der Waals surface area contributed by atoms with Gasteiger partial charge in [0.25, 0.3) is 0 Å². The minimum absolute atomic E-state index is 0. The van der Waals surface area contributed by atoms with Crippen LogP contribution in [0.3, 0.4) is 0 Å². The Labute approximate surface area is 47.3 Å². The molecule has 0 radical (unpaired) electrons. The number of hydrogen-bond donors (Lipinski definition) is 0. The Morgan fingerprint density at radius 3 is 1.50 bits per heavy atom. The molecule has 0 aromatic rings. The van der Waals surface area contributed by atoms with E-state index in [0.717, 1.165) is 0 Å². The van der Waals surface area contributed by atoms with Crippen LogP contribution in [-0.4, -0.2) is 17.4 Å². The zero-order valence-corrected chi connectivity index (χ0v) is 3.77. The van der Waals surface area contributed by atoms with Gasteiger partial charge in [0.15, 0.2) is 17.4 Å². The van der Waals surface area contributed by atoms with Crippen LogP contribution in [0.25, 0.3) is 0 Å². The second kappa shape index (κ2) is 2.57. The van der Waals surface area contributed by atoms with Crippen molar-refractivity contribution in [3.63, 3.8) is 0 Å². The van der Waals surface area contributed by atoms with Crippen molar-refractivity contribution in [2.45, 2.75) is 0 Å². The Balaban J connectivity index is 0.0000000900. The van der Waals surface area contributed by atoms with Gasteiger partial charge in [0.1, 0.15) is 0 Å². The van der Waals surface area contributed by atoms with E-state index in [4.69, 9.17) is 0 Å². The van der Waals surface area contributed by atoms with E-state index in [2.05, 4.69) is 5.93 Å². The summed E-state index contributed by atoms with van der Waals surface area (Å²) in [6, 6.07) is 0. The second-order valence-electron chi connectivity index (χ2n) is 0.250. The van der Waals surface area contributed by atoms with Crippen molar-refractivity contribution in [3.8, 4) is 0 Å². The molecule has 0 spiro atoms. The van der Waals surface area contributed by atoms with E-state index in [9.17, 15) is 0 Å². The van der Waals surface area contributed by atoms with Crippen LogP contribution in [0.15, 0.2) is 0 Å². The Morgan fingerprint density at radius 2 is 1.50 bits per heavy atom. The van der Waals surface area contributed by atoms with Crippen molar-refractivity contribution >= 4 is 17.4 Å². The van der Waals surface area contributed by atoms with Gasteiger partial charge < -0.3 is 0 Å². The summed E-state index contributed by atoms with van der Waals surface area (Å²) in [5.74, 6) is 0. The van der Waals surface area contributed by atoms with Gasteiger partial charge in [-0.05, 0) is 0 Å². The maximum absolute atomic E-state index is 4.17. The third-order valence-corrected chi connectivity index (χ3v) is 0.493. The summed E-state index contributed by atoms with van der Waals surface area (Å²) in [6.07, 6.45) is 0. The van der Waals surface area contributed by atoms with Crippen LogP contribution >= 0.6 is 0 Å². The Kier molecular flexibility index (Phi) is 3.42. The first-order valence-corrected chi connectivity index (χ1v) is 2.58. The fraction of sp³-hybridized carbons (Fsp3) is 0. The molecule has 0 amide bonds. The van der Waals surface area contributed by atoms with Crippen molar-refractivity contribution in [3.05, 3.63) is 0 Å². The number of hydrogen-bond acceptors (Lipinski definition) is 2. The van der Waals surface area contributed by atoms with Gasteiger partial charge in [0.2, 0.25) is 0 Å². The molecule has 2 nitrogen and oxygen atoms in total. The first kappa shape index (κ1) is 5.34. The van der Waals surface area contributed by atoms with Crippen molar-refractivity contribution in [2.24, 2.45) is 0 Å². The quantitative estimate of drug-likeness (QED) is 0.245. The monoisotopic (exact) mass is 152 g/mol. The van der Waals surface area contributed by atoms with E-state index >= 15 is 0 Å². The van der Waals surface area contributed by atoms with E-state index in [-0.39, 0.29) is 17.4 Å². The zero-order chi connectivity index (χ0) is 2.12. The Bertz CT molecular complexity index is 10.8. The average Bonchev–Trinajstić information content (AvgIpc) is 1.46. The summed E-state index contributed by atoms with van der Waals surface area (Å²) >= 11 is -0.520. The van der Waals surface area contributed by atoms with Gasteiger partial charge >= 0.3 is 30.0 Å². The van der Waals surface area contributed by atoms with Crippen LogP contribution in [-0.2, 0) is 30.0 Å². The van der Waals surface area contributed by atoms with E-state index < -0.39 is 24.1 Å². The minimum atomic E-state index is -0.520. The van der Waals surface area contributed by atoms with Gasteiger partial charge in [-0.2, -0.15) is 0 Å². The summed E-state index contributed by atoms with van der Waals surface area (Å²) < 4.78 is 8.34. The topological polar surface area (TPSA) is 25.1 Å². The molecule has 0 aromatic heterocycles. The summed E-state index contributed by atoms with van der Waals surface area (Å²) in [6.45, 7) is 0. The molecule has 0 bridgehead atoms. The average molecular weight is 153 g/mol. The first-order chi connectivity index (χ1) is 1.50. The summed E-state index contributed by atoms with van der Waals surface area (Å²) in [5, 5.41) is 0. The van der Waals surface area contributed by atoms with Crippen LogP contribution < -0.4 is 0 Å². The molecule has 1 aliphatic rings. The summed E-state index contributed by atoms with van der Waals surface area (Å²) in [4.78, 5) is 0. The molecule has 4 heavy (non-hydrogen) atoms. The fourth-order valence-electron chi connectivity index (χ4n) is 0. The van der Waals surface area contributed by atoms with Crippen LogP contribution in [0.1, 0.15) is 0 Å². The Hall–Kier alpha value is 1.34. The molecule has 4 heteroatoms. The van der Waals surface area contributed by atoms with Crippen molar-refractivity contribution in [1.82, 2.24) is 0 Å². The van der Waals surface area contributed by atoms with Crippen molar-refractivity contribution in [2.75, 3.05) is 0 Å². The molecule has 0 aliphatic carbocycles. The molecule has 1 aliphatic heterocycles. The van der Waals surface area contributed by atoms with Crippen molar-refractivity contribution < 1.29 is 30.0 Å². The van der Waals surface area contributed by atoms with E-state index in [1.807, 2.05) is 0 Å². The standard InChI is InChI=1S/Al.O2.Zr.3H/c;1-2;;;;/q;-2;+2;;;. The molecule has 1 saturated heterocycles. The summed E-state index contributed by atoms with van der Waals surface area (Å²) in [5.41, 5.74) is 0. The van der Waals surface area contributed by atoms with Gasteiger partial charge in [-0.25, -0.2) is 0 Å². The molecule has 0 aromatic carbocycles. The van der Waals surface area contributed by atoms with E-state index in [1.54, 1.807) is 0 Å². The molecular formula is H3AlO2Zr. The maximum atomic E-state index is 4.17. The van der Waals surface area contributed by atoms with Crippen LogP contribution in [0.2, 0.25) is 0 Å². The third-order valence-electron chi connectivity index (χ3n) is 0.0833. The molecular weight excluding hydrogens is 150 g/mol. The molecule has 0 N–H and O–H groups in total. The molecule has 22 valence electrons. The van der Waals surface area contributed by atoms with Gasteiger partial charge in [0, 0.05) is 0 Å². The van der Waals surface area contributed by atoms with Crippen LogP contribution in [0.4, 0.5) is 0 Å². The number of rotatable bonds is 0. The molecule has 1 fully saturated rings. The molecule has 1 heterocycles. The fourth-order valence-corrected chi connectivity index (χ4v) is 0. The van der Waals surface area contributed by atoms with Gasteiger partial charge in [0.05, 0.1) is 0 Å². The Morgan fingerprint density at radius 1 is 1.25 bits per heavy atom. The zero-order valence-electron chi connectivity index (χ0n) is 1.32. The summed E-state index contributed by atoms with van der Waals surface area (Å²) in [7, 11) is 0. The predicted octanol–water partition coefficient (Wildman–Crippen LogP) is -1.32. The van der Waals surface area contributed by atoms with Crippen LogP contribution in [0.5, 0.6) is 0 Å². The van der Waals surface area contributed by atoms with E-state index in [0.29, 0.717) is 0 Å². The van der Waals surface area contributed by atoms with Crippen molar-refractivity contribution in [1.29, 1.82) is 0 Å². The molecule has 1 rings (SSSR count). The normalized spacial score (nSPS) is 16.0. The molecule has 0 atom stereocenters.